The van der Waals surface area contributed by atoms with Crippen molar-refractivity contribution in [3.05, 3.63) is 90.0 Å². The molecule has 3 aromatic carbocycles. The molecule has 3 aromatic rings. The number of carbonyl (C=O) groups is 1. The van der Waals surface area contributed by atoms with Gasteiger partial charge in [-0.25, -0.2) is 8.42 Å². The molecule has 0 radical (unpaired) electrons. The van der Waals surface area contributed by atoms with Crippen LogP contribution in [0.4, 0.5) is 5.69 Å². The van der Waals surface area contributed by atoms with Crippen LogP contribution in [0, 0.1) is 6.92 Å². The van der Waals surface area contributed by atoms with E-state index in [0.29, 0.717) is 17.9 Å². The summed E-state index contributed by atoms with van der Waals surface area (Å²) in [5.41, 5.74) is 1.81. The molecule has 30 heavy (non-hydrogen) atoms. The molecule has 0 fully saturated rings. The first-order valence-corrected chi connectivity index (χ1v) is 11.0. The van der Waals surface area contributed by atoms with Crippen molar-refractivity contribution in [2.75, 3.05) is 11.3 Å². The van der Waals surface area contributed by atoms with Gasteiger partial charge in [-0.05, 0) is 56.3 Å². The van der Waals surface area contributed by atoms with Gasteiger partial charge in [0.25, 0.3) is 15.9 Å². The van der Waals surface area contributed by atoms with Crippen LogP contribution in [-0.2, 0) is 10.0 Å². The first-order valence-electron chi connectivity index (χ1n) is 9.52. The monoisotopic (exact) mass is 424 g/mol. The van der Waals surface area contributed by atoms with Crippen molar-refractivity contribution in [1.82, 2.24) is 5.32 Å². The van der Waals surface area contributed by atoms with Gasteiger partial charge in [0, 0.05) is 11.3 Å². The van der Waals surface area contributed by atoms with Gasteiger partial charge in [0.15, 0.2) is 0 Å². The van der Waals surface area contributed by atoms with E-state index < -0.39 is 10.0 Å². The fourth-order valence-corrected chi connectivity index (χ4v) is 3.81. The molecule has 0 bridgehead atoms. The lowest BCUT2D eigenvalue weighted by Crippen LogP contribution is -2.36. The molecule has 1 atom stereocenters. The Morgan fingerprint density at radius 2 is 1.67 bits per heavy atom. The van der Waals surface area contributed by atoms with Crippen LogP contribution < -0.4 is 14.8 Å². The maximum Gasteiger partial charge on any atom is 0.261 e. The average molecular weight is 425 g/mol. The van der Waals surface area contributed by atoms with E-state index in [-0.39, 0.29) is 16.8 Å². The Bertz CT molecular complexity index is 1100. The average Bonchev–Trinajstić information content (AvgIpc) is 2.74. The molecule has 156 valence electrons. The standard InChI is InChI=1S/C23H24N2O4S/c1-17-11-13-21(14-12-17)29-16-18(2)24-23(26)19-7-6-8-20(15-19)25-30(27,28)22-9-4-3-5-10-22/h3-15,18,25H,16H2,1-2H3,(H,24,26)/t18-/m1/s1. The van der Waals surface area contributed by atoms with Crippen LogP contribution >= 0.6 is 0 Å². The molecule has 0 unspecified atom stereocenters. The number of sulfonamides is 1. The molecule has 6 nitrogen and oxygen atoms in total. The van der Waals surface area contributed by atoms with Gasteiger partial charge in [-0.15, -0.1) is 0 Å². The number of anilines is 1. The van der Waals surface area contributed by atoms with Crippen molar-refractivity contribution in [3.8, 4) is 5.75 Å². The lowest BCUT2D eigenvalue weighted by atomic mass is 10.2. The summed E-state index contributed by atoms with van der Waals surface area (Å²) in [5.74, 6) is 0.426. The van der Waals surface area contributed by atoms with Gasteiger partial charge in [0.2, 0.25) is 0 Å². The van der Waals surface area contributed by atoms with Crippen LogP contribution in [0.3, 0.4) is 0 Å². The first-order chi connectivity index (χ1) is 14.3. The van der Waals surface area contributed by atoms with E-state index in [0.717, 1.165) is 11.3 Å². The second-order valence-electron chi connectivity index (χ2n) is 7.00. The minimum absolute atomic E-state index is 0.154. The molecule has 0 spiro atoms. The Kier molecular flexibility index (Phi) is 6.74. The van der Waals surface area contributed by atoms with E-state index in [9.17, 15) is 13.2 Å². The quantitative estimate of drug-likeness (QED) is 0.573. The molecule has 0 saturated heterocycles. The predicted octanol–water partition coefficient (Wildman–Crippen LogP) is 3.99. The summed E-state index contributed by atoms with van der Waals surface area (Å²) >= 11 is 0. The zero-order chi connectivity index (χ0) is 21.6. The van der Waals surface area contributed by atoms with Gasteiger partial charge >= 0.3 is 0 Å². The van der Waals surface area contributed by atoms with Crippen molar-refractivity contribution in [2.45, 2.75) is 24.8 Å². The van der Waals surface area contributed by atoms with Crippen LogP contribution in [0.2, 0.25) is 0 Å². The van der Waals surface area contributed by atoms with E-state index in [1.807, 2.05) is 38.1 Å². The van der Waals surface area contributed by atoms with Crippen molar-refractivity contribution >= 4 is 21.6 Å². The van der Waals surface area contributed by atoms with Crippen LogP contribution in [-0.4, -0.2) is 27.0 Å². The SMILES string of the molecule is Cc1ccc(OC[C@@H](C)NC(=O)c2cccc(NS(=O)(=O)c3ccccc3)c2)cc1. The summed E-state index contributed by atoms with van der Waals surface area (Å²) in [6, 6.07) is 21.9. The molecule has 0 aliphatic carbocycles. The molecule has 0 aliphatic rings. The Morgan fingerprint density at radius 3 is 2.37 bits per heavy atom. The zero-order valence-electron chi connectivity index (χ0n) is 16.8. The second-order valence-corrected chi connectivity index (χ2v) is 8.68. The highest BCUT2D eigenvalue weighted by Crippen LogP contribution is 2.17. The highest BCUT2D eigenvalue weighted by molar-refractivity contribution is 7.92. The van der Waals surface area contributed by atoms with Crippen molar-refractivity contribution in [2.24, 2.45) is 0 Å². The summed E-state index contributed by atoms with van der Waals surface area (Å²) in [5, 5.41) is 2.86. The number of carbonyl (C=O) groups excluding carboxylic acids is 1. The van der Waals surface area contributed by atoms with Crippen LogP contribution in [0.25, 0.3) is 0 Å². The summed E-state index contributed by atoms with van der Waals surface area (Å²) in [6.45, 7) is 4.16. The highest BCUT2D eigenvalue weighted by atomic mass is 32.2. The Balaban J connectivity index is 1.60. The Labute approximate surface area is 177 Å². The lowest BCUT2D eigenvalue weighted by Gasteiger charge is -2.16. The van der Waals surface area contributed by atoms with Crippen molar-refractivity contribution in [1.29, 1.82) is 0 Å². The van der Waals surface area contributed by atoms with Crippen LogP contribution in [0.15, 0.2) is 83.8 Å². The molecule has 1 amide bonds. The Hall–Kier alpha value is -3.32. The predicted molar refractivity (Wildman–Crippen MR) is 117 cm³/mol. The summed E-state index contributed by atoms with van der Waals surface area (Å²) in [4.78, 5) is 12.7. The minimum atomic E-state index is -3.72. The smallest absolute Gasteiger partial charge is 0.261 e. The Morgan fingerprint density at radius 1 is 0.967 bits per heavy atom. The molecule has 0 heterocycles. The summed E-state index contributed by atoms with van der Waals surface area (Å²) in [7, 11) is -3.72. The fraction of sp³-hybridized carbons (Fsp3) is 0.174. The third-order valence-electron chi connectivity index (χ3n) is 4.33. The number of nitrogens with one attached hydrogen (secondary N) is 2. The fourth-order valence-electron chi connectivity index (χ4n) is 2.74. The number of benzene rings is 3. The zero-order valence-corrected chi connectivity index (χ0v) is 17.6. The third kappa shape index (κ3) is 5.84. The second kappa shape index (κ2) is 9.45. The molecular weight excluding hydrogens is 400 g/mol. The normalized spacial score (nSPS) is 12.1. The number of rotatable bonds is 8. The van der Waals surface area contributed by atoms with Crippen LogP contribution in [0.1, 0.15) is 22.8 Å². The van der Waals surface area contributed by atoms with Gasteiger partial charge < -0.3 is 10.1 Å². The summed E-state index contributed by atoms with van der Waals surface area (Å²) in [6.07, 6.45) is 0. The number of ether oxygens (including phenoxy) is 1. The molecule has 0 aliphatic heterocycles. The van der Waals surface area contributed by atoms with E-state index >= 15 is 0 Å². The third-order valence-corrected chi connectivity index (χ3v) is 5.73. The molecule has 0 saturated carbocycles. The van der Waals surface area contributed by atoms with Crippen molar-refractivity contribution in [3.63, 3.8) is 0 Å². The van der Waals surface area contributed by atoms with Gasteiger partial charge in [0.05, 0.1) is 10.9 Å². The van der Waals surface area contributed by atoms with E-state index in [2.05, 4.69) is 10.0 Å². The number of hydrogen-bond acceptors (Lipinski definition) is 4. The van der Waals surface area contributed by atoms with Gasteiger partial charge in [0.1, 0.15) is 12.4 Å². The number of hydrogen-bond donors (Lipinski definition) is 2. The molecule has 0 aromatic heterocycles. The van der Waals surface area contributed by atoms with Gasteiger partial charge in [-0.3, -0.25) is 9.52 Å². The van der Waals surface area contributed by atoms with Crippen LogP contribution in [0.5, 0.6) is 5.75 Å². The van der Waals surface area contributed by atoms with Gasteiger partial charge in [-0.1, -0.05) is 42.0 Å². The maximum absolute atomic E-state index is 12.6. The summed E-state index contributed by atoms with van der Waals surface area (Å²) < 4.78 is 33.1. The number of amides is 1. The maximum atomic E-state index is 12.6. The molecule has 3 rings (SSSR count). The first kappa shape index (κ1) is 21.4. The molecule has 2 N–H and O–H groups in total. The van der Waals surface area contributed by atoms with E-state index in [4.69, 9.17) is 4.74 Å². The highest BCUT2D eigenvalue weighted by Gasteiger charge is 2.15. The molecular formula is C23H24N2O4S. The lowest BCUT2D eigenvalue weighted by molar-refractivity contribution is 0.0926. The minimum Gasteiger partial charge on any atom is -0.491 e. The van der Waals surface area contributed by atoms with Crippen molar-refractivity contribution < 1.29 is 17.9 Å². The van der Waals surface area contributed by atoms with Gasteiger partial charge in [-0.2, -0.15) is 0 Å². The molecule has 7 heteroatoms. The van der Waals surface area contributed by atoms with E-state index in [1.165, 1.54) is 18.2 Å². The largest absolute Gasteiger partial charge is 0.491 e. The number of aryl methyl sites for hydroxylation is 1. The topological polar surface area (TPSA) is 84.5 Å². The van der Waals surface area contributed by atoms with E-state index in [1.54, 1.807) is 36.4 Å².